The van der Waals surface area contributed by atoms with Crippen molar-refractivity contribution in [2.75, 3.05) is 13.1 Å². The van der Waals surface area contributed by atoms with Crippen molar-refractivity contribution in [3.05, 3.63) is 35.4 Å². The minimum absolute atomic E-state index is 0.00219. The van der Waals surface area contributed by atoms with Gasteiger partial charge in [0, 0.05) is 24.5 Å². The van der Waals surface area contributed by atoms with Crippen LogP contribution in [0.4, 0.5) is 0 Å². The summed E-state index contributed by atoms with van der Waals surface area (Å²) in [6, 6.07) is 7.97. The third-order valence-electron chi connectivity index (χ3n) is 3.28. The molecule has 4 N–H and O–H groups in total. The lowest BCUT2D eigenvalue weighted by Crippen LogP contribution is -2.41. The number of benzene rings is 1. The van der Waals surface area contributed by atoms with E-state index in [2.05, 4.69) is 38.2 Å². The SMILES string of the molecule is Cc1ccccc1C(C)(C)CNCC(N)CC(=O)O. The van der Waals surface area contributed by atoms with Crippen LogP contribution in [0.15, 0.2) is 24.3 Å². The van der Waals surface area contributed by atoms with Gasteiger partial charge in [0.05, 0.1) is 6.42 Å². The van der Waals surface area contributed by atoms with Crippen molar-refractivity contribution in [1.82, 2.24) is 5.32 Å². The summed E-state index contributed by atoms with van der Waals surface area (Å²) in [7, 11) is 0. The molecule has 0 radical (unpaired) electrons. The fourth-order valence-electron chi connectivity index (χ4n) is 2.29. The second-order valence-electron chi connectivity index (χ2n) is 5.69. The number of nitrogens with two attached hydrogens (primary N) is 1. The van der Waals surface area contributed by atoms with Crippen molar-refractivity contribution in [3.8, 4) is 0 Å². The van der Waals surface area contributed by atoms with Crippen molar-refractivity contribution in [2.24, 2.45) is 5.73 Å². The molecule has 1 aromatic rings. The topological polar surface area (TPSA) is 75.3 Å². The molecule has 106 valence electrons. The molecule has 4 nitrogen and oxygen atoms in total. The van der Waals surface area contributed by atoms with Gasteiger partial charge in [-0.05, 0) is 18.1 Å². The number of hydrogen-bond donors (Lipinski definition) is 3. The summed E-state index contributed by atoms with van der Waals surface area (Å²) in [5.74, 6) is -0.854. The normalized spacial score (nSPS) is 13.3. The number of rotatable bonds is 7. The number of hydrogen-bond acceptors (Lipinski definition) is 3. The van der Waals surface area contributed by atoms with Crippen molar-refractivity contribution in [2.45, 2.75) is 38.6 Å². The lowest BCUT2D eigenvalue weighted by molar-refractivity contribution is -0.137. The van der Waals surface area contributed by atoms with Crippen molar-refractivity contribution >= 4 is 5.97 Å². The molecule has 0 saturated carbocycles. The fraction of sp³-hybridized carbons (Fsp3) is 0.533. The Morgan fingerprint density at radius 1 is 1.42 bits per heavy atom. The second-order valence-corrected chi connectivity index (χ2v) is 5.69. The summed E-state index contributed by atoms with van der Waals surface area (Å²) in [4.78, 5) is 10.5. The minimum atomic E-state index is -0.854. The number of aryl methyl sites for hydroxylation is 1. The zero-order chi connectivity index (χ0) is 14.5. The Morgan fingerprint density at radius 3 is 2.63 bits per heavy atom. The standard InChI is InChI=1S/C15H24N2O2/c1-11-6-4-5-7-13(11)15(2,3)10-17-9-12(16)8-14(18)19/h4-7,12,17H,8-10,16H2,1-3H3,(H,18,19). The molecule has 0 fully saturated rings. The Hall–Kier alpha value is -1.39. The Labute approximate surface area is 115 Å². The van der Waals surface area contributed by atoms with Crippen molar-refractivity contribution in [1.29, 1.82) is 0 Å². The largest absolute Gasteiger partial charge is 0.481 e. The van der Waals surface area contributed by atoms with Crippen LogP contribution in [-0.2, 0) is 10.2 Å². The second kappa shape index (κ2) is 6.68. The van der Waals surface area contributed by atoms with Gasteiger partial charge in [-0.15, -0.1) is 0 Å². The van der Waals surface area contributed by atoms with Gasteiger partial charge in [-0.1, -0.05) is 38.1 Å². The van der Waals surface area contributed by atoms with E-state index in [0.717, 1.165) is 6.54 Å². The maximum Gasteiger partial charge on any atom is 0.304 e. The van der Waals surface area contributed by atoms with Gasteiger partial charge in [-0.25, -0.2) is 0 Å². The van der Waals surface area contributed by atoms with Crippen LogP contribution in [0, 0.1) is 6.92 Å². The minimum Gasteiger partial charge on any atom is -0.481 e. The van der Waals surface area contributed by atoms with E-state index in [1.807, 2.05) is 12.1 Å². The molecule has 4 heteroatoms. The van der Waals surface area contributed by atoms with Gasteiger partial charge in [0.2, 0.25) is 0 Å². The predicted octanol–water partition coefficient (Wildman–Crippen LogP) is 1.66. The summed E-state index contributed by atoms with van der Waals surface area (Å²) < 4.78 is 0. The van der Waals surface area contributed by atoms with E-state index < -0.39 is 5.97 Å². The van der Waals surface area contributed by atoms with Gasteiger partial charge < -0.3 is 16.2 Å². The molecule has 1 unspecified atom stereocenters. The Morgan fingerprint density at radius 2 is 2.05 bits per heavy atom. The van der Waals surface area contributed by atoms with Crippen LogP contribution >= 0.6 is 0 Å². The average Bonchev–Trinajstić information content (AvgIpc) is 2.27. The molecular weight excluding hydrogens is 240 g/mol. The highest BCUT2D eigenvalue weighted by Crippen LogP contribution is 2.25. The first-order valence-electron chi connectivity index (χ1n) is 6.57. The lowest BCUT2D eigenvalue weighted by Gasteiger charge is -2.28. The molecule has 0 aromatic heterocycles. The van der Waals surface area contributed by atoms with Crippen LogP contribution in [0.25, 0.3) is 0 Å². The monoisotopic (exact) mass is 264 g/mol. The van der Waals surface area contributed by atoms with E-state index in [1.165, 1.54) is 11.1 Å². The van der Waals surface area contributed by atoms with Crippen LogP contribution in [0.3, 0.4) is 0 Å². The smallest absolute Gasteiger partial charge is 0.304 e. The van der Waals surface area contributed by atoms with Gasteiger partial charge >= 0.3 is 5.97 Å². The maximum absolute atomic E-state index is 10.5. The summed E-state index contributed by atoms with van der Waals surface area (Å²) in [6.45, 7) is 7.73. The highest BCUT2D eigenvalue weighted by atomic mass is 16.4. The van der Waals surface area contributed by atoms with Crippen molar-refractivity contribution in [3.63, 3.8) is 0 Å². The van der Waals surface area contributed by atoms with Crippen LogP contribution in [0.2, 0.25) is 0 Å². The van der Waals surface area contributed by atoms with Gasteiger partial charge in [0.25, 0.3) is 0 Å². The maximum atomic E-state index is 10.5. The van der Waals surface area contributed by atoms with Crippen molar-refractivity contribution < 1.29 is 9.90 Å². The number of carboxylic acids is 1. The molecular formula is C15H24N2O2. The van der Waals surface area contributed by atoms with Gasteiger partial charge in [-0.2, -0.15) is 0 Å². The molecule has 19 heavy (non-hydrogen) atoms. The first kappa shape index (κ1) is 15.7. The lowest BCUT2D eigenvalue weighted by atomic mass is 9.82. The molecule has 0 aliphatic heterocycles. The third-order valence-corrected chi connectivity index (χ3v) is 3.28. The molecule has 0 aliphatic rings. The molecule has 0 saturated heterocycles. The molecule has 0 spiro atoms. The fourth-order valence-corrected chi connectivity index (χ4v) is 2.29. The van der Waals surface area contributed by atoms with E-state index in [0.29, 0.717) is 6.54 Å². The highest BCUT2D eigenvalue weighted by Gasteiger charge is 2.22. The summed E-state index contributed by atoms with van der Waals surface area (Å²) in [6.07, 6.45) is -0.00219. The van der Waals surface area contributed by atoms with E-state index >= 15 is 0 Å². The molecule has 0 heterocycles. The van der Waals surface area contributed by atoms with Gasteiger partial charge in [0.15, 0.2) is 0 Å². The zero-order valence-electron chi connectivity index (χ0n) is 11.9. The number of aliphatic carboxylic acids is 1. The number of carbonyl (C=O) groups is 1. The molecule has 1 atom stereocenters. The van der Waals surface area contributed by atoms with E-state index in [1.54, 1.807) is 0 Å². The van der Waals surface area contributed by atoms with E-state index in [4.69, 9.17) is 10.8 Å². The van der Waals surface area contributed by atoms with Gasteiger partial charge in [0.1, 0.15) is 0 Å². The Kier molecular flexibility index (Phi) is 5.51. The third kappa shape index (κ3) is 5.01. The number of nitrogens with one attached hydrogen (secondary N) is 1. The van der Waals surface area contributed by atoms with Crippen LogP contribution in [0.1, 0.15) is 31.4 Å². The molecule has 0 amide bonds. The first-order valence-corrected chi connectivity index (χ1v) is 6.57. The predicted molar refractivity (Wildman–Crippen MR) is 77.3 cm³/mol. The molecule has 1 aromatic carbocycles. The van der Waals surface area contributed by atoms with Gasteiger partial charge in [-0.3, -0.25) is 4.79 Å². The summed E-state index contributed by atoms with van der Waals surface area (Å²) in [5.41, 5.74) is 8.29. The van der Waals surface area contributed by atoms with Crippen LogP contribution in [0.5, 0.6) is 0 Å². The average molecular weight is 264 g/mol. The van der Waals surface area contributed by atoms with E-state index in [-0.39, 0.29) is 17.9 Å². The first-order chi connectivity index (χ1) is 8.83. The van der Waals surface area contributed by atoms with Crippen LogP contribution in [-0.4, -0.2) is 30.2 Å². The Bertz CT molecular complexity index is 430. The molecule has 1 rings (SSSR count). The Balaban J connectivity index is 2.52. The highest BCUT2D eigenvalue weighted by molar-refractivity contribution is 5.67. The quantitative estimate of drug-likeness (QED) is 0.700. The van der Waals surface area contributed by atoms with E-state index in [9.17, 15) is 4.79 Å². The number of carboxylic acid groups (broad SMARTS) is 1. The summed E-state index contributed by atoms with van der Waals surface area (Å²) in [5, 5.41) is 11.9. The zero-order valence-corrected chi connectivity index (χ0v) is 11.9. The molecule has 0 aliphatic carbocycles. The summed E-state index contributed by atoms with van der Waals surface area (Å²) >= 11 is 0. The molecule has 0 bridgehead atoms. The van der Waals surface area contributed by atoms with Crippen LogP contribution < -0.4 is 11.1 Å².